The van der Waals surface area contributed by atoms with Gasteiger partial charge in [-0.05, 0) is 73.9 Å². The van der Waals surface area contributed by atoms with Crippen molar-refractivity contribution < 1.29 is 4.79 Å². The number of rotatable bonds is 5. The molecule has 0 unspecified atom stereocenters. The first-order valence-corrected chi connectivity index (χ1v) is 10.4. The molecule has 2 heterocycles. The third kappa shape index (κ3) is 4.18. The summed E-state index contributed by atoms with van der Waals surface area (Å²) in [6.07, 6.45) is 7.24. The molecule has 1 aliphatic heterocycles. The van der Waals surface area contributed by atoms with Crippen LogP contribution in [0.15, 0.2) is 35.4 Å². The predicted octanol–water partition coefficient (Wildman–Crippen LogP) is 3.69. The topological polar surface area (TPSA) is 58.1 Å². The van der Waals surface area contributed by atoms with Crippen LogP contribution in [0.2, 0.25) is 0 Å². The Labute approximate surface area is 158 Å². The van der Waals surface area contributed by atoms with Crippen LogP contribution in [0.5, 0.6) is 0 Å². The van der Waals surface area contributed by atoms with E-state index in [1.54, 1.807) is 0 Å². The van der Waals surface area contributed by atoms with Gasteiger partial charge < -0.3 is 10.2 Å². The van der Waals surface area contributed by atoms with Crippen LogP contribution >= 0.6 is 11.8 Å². The average Bonchev–Trinajstić information content (AvgIpc) is 3.15. The lowest BCUT2D eigenvalue weighted by Crippen LogP contribution is -2.30. The summed E-state index contributed by atoms with van der Waals surface area (Å²) in [5.74, 6) is 1.28. The second kappa shape index (κ2) is 8.08. The number of hydrogen-bond donors (Lipinski definition) is 1. The molecule has 0 spiro atoms. The van der Waals surface area contributed by atoms with Crippen molar-refractivity contribution in [3.63, 3.8) is 0 Å². The number of carbonyl (C=O) groups is 1. The Bertz CT molecular complexity index is 772. The highest BCUT2D eigenvalue weighted by atomic mass is 32.2. The number of nitrogens with one attached hydrogen (secondary N) is 1. The van der Waals surface area contributed by atoms with E-state index < -0.39 is 0 Å². The summed E-state index contributed by atoms with van der Waals surface area (Å²) in [5, 5.41) is 12.4. The molecule has 5 nitrogen and oxygen atoms in total. The number of amides is 1. The second-order valence-electron chi connectivity index (χ2n) is 6.95. The Hall–Kier alpha value is -2.08. The van der Waals surface area contributed by atoms with E-state index >= 15 is 0 Å². The van der Waals surface area contributed by atoms with Gasteiger partial charge in [-0.25, -0.2) is 0 Å². The van der Waals surface area contributed by atoms with Crippen LogP contribution in [0.25, 0.3) is 0 Å². The largest absolute Gasteiger partial charge is 0.355 e. The third-order valence-corrected chi connectivity index (χ3v) is 5.96. The van der Waals surface area contributed by atoms with Gasteiger partial charge >= 0.3 is 0 Å². The van der Waals surface area contributed by atoms with E-state index in [0.717, 1.165) is 42.5 Å². The minimum atomic E-state index is -0.00476. The van der Waals surface area contributed by atoms with Crippen LogP contribution in [0.3, 0.4) is 0 Å². The zero-order valence-electron chi connectivity index (χ0n) is 14.9. The second-order valence-corrected chi connectivity index (χ2v) is 7.95. The fraction of sp³-hybridized carbons (Fsp3) is 0.450. The fourth-order valence-electron chi connectivity index (χ4n) is 3.67. The molecule has 1 aromatic carbocycles. The quantitative estimate of drug-likeness (QED) is 0.816. The summed E-state index contributed by atoms with van der Waals surface area (Å²) in [4.78, 5) is 14.5. The standard InChI is InChI=1S/C20H24N4OS/c25-19(21-17-8-7-15-5-4-6-16(15)13-17)14-26-20-10-9-18(22-23-20)24-11-2-1-3-12-24/h7-10,13H,1-6,11-12,14H2,(H,21,25). The van der Waals surface area contributed by atoms with Crippen molar-refractivity contribution in [3.8, 4) is 0 Å². The molecule has 4 rings (SSSR count). The maximum absolute atomic E-state index is 12.2. The van der Waals surface area contributed by atoms with Gasteiger partial charge in [0.2, 0.25) is 5.91 Å². The number of nitrogens with zero attached hydrogens (tertiary/aromatic N) is 3. The Morgan fingerprint density at radius 2 is 1.85 bits per heavy atom. The van der Waals surface area contributed by atoms with Crippen LogP contribution in [0, 0.1) is 0 Å². The molecule has 26 heavy (non-hydrogen) atoms. The number of thioether (sulfide) groups is 1. The minimum absolute atomic E-state index is 0.00476. The molecule has 0 radical (unpaired) electrons. The molecule has 6 heteroatoms. The van der Waals surface area contributed by atoms with Crippen LogP contribution in [0.1, 0.15) is 36.8 Å². The van der Waals surface area contributed by atoms with E-state index in [1.165, 1.54) is 48.6 Å². The number of anilines is 2. The van der Waals surface area contributed by atoms with E-state index in [-0.39, 0.29) is 5.91 Å². The van der Waals surface area contributed by atoms with Crippen LogP contribution in [-0.4, -0.2) is 34.9 Å². The van der Waals surface area contributed by atoms with Crippen molar-refractivity contribution in [2.24, 2.45) is 0 Å². The summed E-state index contributed by atoms with van der Waals surface area (Å²) in [6, 6.07) is 10.2. The normalized spacial score (nSPS) is 16.4. The van der Waals surface area contributed by atoms with Crippen LogP contribution < -0.4 is 10.2 Å². The maximum atomic E-state index is 12.2. The maximum Gasteiger partial charge on any atom is 0.234 e. The molecule has 0 saturated carbocycles. The number of piperidine rings is 1. The summed E-state index contributed by atoms with van der Waals surface area (Å²) in [6.45, 7) is 2.12. The van der Waals surface area contributed by atoms with E-state index in [9.17, 15) is 4.79 Å². The van der Waals surface area contributed by atoms with Crippen molar-refractivity contribution >= 4 is 29.2 Å². The first-order valence-electron chi connectivity index (χ1n) is 9.41. The van der Waals surface area contributed by atoms with Crippen molar-refractivity contribution in [1.82, 2.24) is 10.2 Å². The summed E-state index contributed by atoms with van der Waals surface area (Å²) < 4.78 is 0. The van der Waals surface area contributed by atoms with E-state index in [2.05, 4.69) is 32.5 Å². The molecule has 1 N–H and O–H groups in total. The molecule has 1 amide bonds. The molecule has 2 aliphatic rings. The number of fused-ring (bicyclic) bond motifs is 1. The van der Waals surface area contributed by atoms with E-state index in [0.29, 0.717) is 5.75 Å². The number of hydrogen-bond acceptors (Lipinski definition) is 5. The van der Waals surface area contributed by atoms with Crippen molar-refractivity contribution in [2.45, 2.75) is 43.6 Å². The molecular weight excluding hydrogens is 344 g/mol. The minimum Gasteiger partial charge on any atom is -0.355 e. The van der Waals surface area contributed by atoms with Gasteiger partial charge in [0.25, 0.3) is 0 Å². The lowest BCUT2D eigenvalue weighted by Gasteiger charge is -2.27. The fourth-order valence-corrected chi connectivity index (χ4v) is 4.28. The SMILES string of the molecule is O=C(CSc1ccc(N2CCCCC2)nn1)Nc1ccc2c(c1)CCC2. The molecule has 1 saturated heterocycles. The molecule has 2 aromatic rings. The Morgan fingerprint density at radius 3 is 2.65 bits per heavy atom. The predicted molar refractivity (Wildman–Crippen MR) is 106 cm³/mol. The van der Waals surface area contributed by atoms with Gasteiger partial charge in [-0.1, -0.05) is 17.8 Å². The molecule has 1 aromatic heterocycles. The Morgan fingerprint density at radius 1 is 1.00 bits per heavy atom. The van der Waals surface area contributed by atoms with Gasteiger partial charge in [0.1, 0.15) is 5.03 Å². The Balaban J connectivity index is 1.28. The summed E-state index contributed by atoms with van der Waals surface area (Å²) in [5.41, 5.74) is 3.68. The van der Waals surface area contributed by atoms with Gasteiger partial charge in [-0.2, -0.15) is 0 Å². The number of benzene rings is 1. The summed E-state index contributed by atoms with van der Waals surface area (Å²) in [7, 11) is 0. The first kappa shape index (κ1) is 17.3. The van der Waals surface area contributed by atoms with E-state index in [1.807, 2.05) is 18.2 Å². The van der Waals surface area contributed by atoms with Crippen LogP contribution in [-0.2, 0) is 17.6 Å². The number of aromatic nitrogens is 2. The molecular formula is C20H24N4OS. The molecule has 136 valence electrons. The summed E-state index contributed by atoms with van der Waals surface area (Å²) >= 11 is 1.42. The molecule has 0 bridgehead atoms. The first-order chi connectivity index (χ1) is 12.8. The number of aryl methyl sites for hydroxylation is 2. The Kier molecular flexibility index (Phi) is 5.39. The van der Waals surface area contributed by atoms with Crippen molar-refractivity contribution in [3.05, 3.63) is 41.5 Å². The zero-order chi connectivity index (χ0) is 17.8. The van der Waals surface area contributed by atoms with Crippen molar-refractivity contribution in [2.75, 3.05) is 29.1 Å². The smallest absolute Gasteiger partial charge is 0.234 e. The molecule has 1 aliphatic carbocycles. The monoisotopic (exact) mass is 368 g/mol. The molecule has 0 atom stereocenters. The van der Waals surface area contributed by atoms with Gasteiger partial charge in [0.15, 0.2) is 5.82 Å². The van der Waals surface area contributed by atoms with Gasteiger partial charge in [-0.15, -0.1) is 10.2 Å². The lowest BCUT2D eigenvalue weighted by atomic mass is 10.1. The van der Waals surface area contributed by atoms with Crippen molar-refractivity contribution in [1.29, 1.82) is 0 Å². The lowest BCUT2D eigenvalue weighted by molar-refractivity contribution is -0.113. The highest BCUT2D eigenvalue weighted by molar-refractivity contribution is 7.99. The number of carbonyl (C=O) groups excluding carboxylic acids is 1. The third-order valence-electron chi connectivity index (χ3n) is 5.04. The van der Waals surface area contributed by atoms with Crippen LogP contribution in [0.4, 0.5) is 11.5 Å². The highest BCUT2D eigenvalue weighted by Crippen LogP contribution is 2.25. The average molecular weight is 369 g/mol. The van der Waals surface area contributed by atoms with Gasteiger partial charge in [-0.3, -0.25) is 4.79 Å². The van der Waals surface area contributed by atoms with Gasteiger partial charge in [0, 0.05) is 18.8 Å². The van der Waals surface area contributed by atoms with E-state index in [4.69, 9.17) is 0 Å². The zero-order valence-corrected chi connectivity index (χ0v) is 15.7. The highest BCUT2D eigenvalue weighted by Gasteiger charge is 2.14. The van der Waals surface area contributed by atoms with Gasteiger partial charge in [0.05, 0.1) is 5.75 Å². The molecule has 1 fully saturated rings.